The molecule has 27 heavy (non-hydrogen) atoms. The molecule has 0 aliphatic carbocycles. The lowest BCUT2D eigenvalue weighted by Crippen LogP contribution is -2.06. The first-order chi connectivity index (χ1) is 13.1. The van der Waals surface area contributed by atoms with E-state index in [1.54, 1.807) is 18.4 Å². The number of aryl methyl sites for hydroxylation is 1. The van der Waals surface area contributed by atoms with Crippen molar-refractivity contribution in [1.29, 1.82) is 0 Å². The summed E-state index contributed by atoms with van der Waals surface area (Å²) in [4.78, 5) is 13.5. The zero-order chi connectivity index (χ0) is 19.0. The summed E-state index contributed by atoms with van der Waals surface area (Å²) in [7, 11) is 1.63. The number of ketones is 1. The van der Waals surface area contributed by atoms with Crippen LogP contribution in [-0.4, -0.2) is 12.9 Å². The summed E-state index contributed by atoms with van der Waals surface area (Å²) in [6, 6.07) is 19.3. The molecule has 1 heterocycles. The lowest BCUT2D eigenvalue weighted by atomic mass is 9.90. The molecule has 4 heteroatoms. The van der Waals surface area contributed by atoms with Crippen molar-refractivity contribution >= 4 is 38.8 Å². The fourth-order valence-corrected chi connectivity index (χ4v) is 4.39. The second-order valence-corrected chi connectivity index (χ2v) is 7.70. The van der Waals surface area contributed by atoms with E-state index in [1.807, 2.05) is 73.0 Å². The summed E-state index contributed by atoms with van der Waals surface area (Å²) in [5.41, 5.74) is 4.11. The van der Waals surface area contributed by atoms with Gasteiger partial charge in [0.1, 0.15) is 5.75 Å². The molecular weight excluding hydrogens is 376 g/mol. The van der Waals surface area contributed by atoms with Gasteiger partial charge in [-0.25, -0.2) is 0 Å². The van der Waals surface area contributed by atoms with Crippen molar-refractivity contribution in [3.8, 4) is 16.9 Å². The molecule has 0 unspecified atom stereocenters. The number of carbonyl (C=O) groups excluding carboxylic acids is 1. The van der Waals surface area contributed by atoms with Crippen LogP contribution in [0.5, 0.6) is 5.75 Å². The van der Waals surface area contributed by atoms with E-state index in [9.17, 15) is 4.79 Å². The van der Waals surface area contributed by atoms with Gasteiger partial charge in [-0.3, -0.25) is 4.79 Å². The van der Waals surface area contributed by atoms with Crippen molar-refractivity contribution in [3.05, 3.63) is 87.8 Å². The van der Waals surface area contributed by atoms with Crippen molar-refractivity contribution in [2.75, 3.05) is 7.11 Å². The number of hydrogen-bond donors (Lipinski definition) is 0. The Morgan fingerprint density at radius 1 is 1.04 bits per heavy atom. The van der Waals surface area contributed by atoms with Crippen molar-refractivity contribution in [2.24, 2.45) is 0 Å². The maximum Gasteiger partial charge on any atom is 0.195 e. The quantitative estimate of drug-likeness (QED) is 0.358. The molecule has 0 atom stereocenters. The van der Waals surface area contributed by atoms with Gasteiger partial charge in [0.15, 0.2) is 5.78 Å². The van der Waals surface area contributed by atoms with Crippen LogP contribution in [0.1, 0.15) is 21.5 Å². The second-order valence-electron chi connectivity index (χ2n) is 6.35. The molecule has 0 spiro atoms. The van der Waals surface area contributed by atoms with Gasteiger partial charge in [0, 0.05) is 31.6 Å². The van der Waals surface area contributed by atoms with E-state index in [1.165, 1.54) is 0 Å². The largest absolute Gasteiger partial charge is 0.497 e. The Hall–Kier alpha value is -2.62. The smallest absolute Gasteiger partial charge is 0.195 e. The fraction of sp³-hybridized carbons (Fsp3) is 0.0870. The third-order valence-corrected chi connectivity index (χ3v) is 5.87. The van der Waals surface area contributed by atoms with Crippen molar-refractivity contribution in [2.45, 2.75) is 6.92 Å². The molecule has 0 fully saturated rings. The van der Waals surface area contributed by atoms with Gasteiger partial charge in [0.2, 0.25) is 0 Å². The van der Waals surface area contributed by atoms with E-state index >= 15 is 0 Å². The number of carbonyl (C=O) groups is 1. The van der Waals surface area contributed by atoms with Crippen molar-refractivity contribution < 1.29 is 9.53 Å². The third-order valence-electron chi connectivity index (χ3n) is 4.65. The molecule has 1 aromatic heterocycles. The minimum Gasteiger partial charge on any atom is -0.497 e. The van der Waals surface area contributed by atoms with Gasteiger partial charge in [-0.2, -0.15) is 0 Å². The molecule has 0 bridgehead atoms. The normalized spacial score (nSPS) is 10.9. The standard InChI is InChI=1S/C23H17ClO2S/c1-14-11-17(26-2)12-19(15-7-9-16(24)10-8-15)22(14)23(25)20-13-27-21-6-4-3-5-18(20)21/h3-13H,1-2H3. The highest BCUT2D eigenvalue weighted by atomic mass is 35.5. The number of halogens is 1. The molecule has 0 amide bonds. The Kier molecular flexibility index (Phi) is 4.73. The van der Waals surface area contributed by atoms with Crippen LogP contribution in [0.25, 0.3) is 21.2 Å². The molecule has 0 aliphatic rings. The van der Waals surface area contributed by atoms with E-state index in [4.69, 9.17) is 16.3 Å². The molecule has 0 saturated heterocycles. The van der Waals surface area contributed by atoms with Crippen molar-refractivity contribution in [1.82, 2.24) is 0 Å². The summed E-state index contributed by atoms with van der Waals surface area (Å²) >= 11 is 7.64. The Morgan fingerprint density at radius 2 is 1.78 bits per heavy atom. The van der Waals surface area contributed by atoms with E-state index in [2.05, 4.69) is 0 Å². The van der Waals surface area contributed by atoms with Crippen molar-refractivity contribution in [3.63, 3.8) is 0 Å². The summed E-state index contributed by atoms with van der Waals surface area (Å²) in [5, 5.41) is 3.60. The van der Waals surface area contributed by atoms with E-state index in [0.717, 1.165) is 38.1 Å². The molecule has 3 aromatic carbocycles. The highest BCUT2D eigenvalue weighted by Crippen LogP contribution is 2.35. The van der Waals surface area contributed by atoms with E-state index in [0.29, 0.717) is 10.6 Å². The summed E-state index contributed by atoms with van der Waals surface area (Å²) < 4.78 is 6.55. The van der Waals surface area contributed by atoms with Crippen LogP contribution in [0, 0.1) is 6.92 Å². The minimum atomic E-state index is 0.0255. The topological polar surface area (TPSA) is 26.3 Å². The predicted octanol–water partition coefficient (Wildman–Crippen LogP) is 6.77. The van der Waals surface area contributed by atoms with Gasteiger partial charge < -0.3 is 4.74 Å². The SMILES string of the molecule is COc1cc(C)c(C(=O)c2csc3ccccc23)c(-c2ccc(Cl)cc2)c1. The first kappa shape index (κ1) is 17.8. The first-order valence-corrected chi connectivity index (χ1v) is 9.80. The molecule has 4 aromatic rings. The van der Waals surface area contributed by atoms with E-state index in [-0.39, 0.29) is 5.78 Å². The summed E-state index contributed by atoms with van der Waals surface area (Å²) in [6.07, 6.45) is 0. The zero-order valence-corrected chi connectivity index (χ0v) is 16.5. The van der Waals surface area contributed by atoms with Gasteiger partial charge >= 0.3 is 0 Å². The van der Waals surface area contributed by atoms with E-state index < -0.39 is 0 Å². The summed E-state index contributed by atoms with van der Waals surface area (Å²) in [5.74, 6) is 0.752. The first-order valence-electron chi connectivity index (χ1n) is 8.54. The number of hydrogen-bond acceptors (Lipinski definition) is 3. The zero-order valence-electron chi connectivity index (χ0n) is 15.0. The lowest BCUT2D eigenvalue weighted by molar-refractivity contribution is 0.104. The van der Waals surface area contributed by atoms with Gasteiger partial charge in [-0.1, -0.05) is 41.9 Å². The second kappa shape index (κ2) is 7.18. The van der Waals surface area contributed by atoms with Gasteiger partial charge in [0.25, 0.3) is 0 Å². The molecule has 4 rings (SSSR count). The van der Waals surface area contributed by atoms with Gasteiger partial charge in [0.05, 0.1) is 7.11 Å². The Morgan fingerprint density at radius 3 is 2.52 bits per heavy atom. The number of rotatable bonds is 4. The Labute approximate surface area is 167 Å². The van der Waals surface area contributed by atoms with Crippen LogP contribution in [0.4, 0.5) is 0 Å². The molecule has 2 nitrogen and oxygen atoms in total. The Balaban J connectivity index is 1.93. The predicted molar refractivity (Wildman–Crippen MR) is 113 cm³/mol. The van der Waals surface area contributed by atoms with Crippen LogP contribution in [-0.2, 0) is 0 Å². The lowest BCUT2D eigenvalue weighted by Gasteiger charge is -2.14. The average Bonchev–Trinajstić information content (AvgIpc) is 3.11. The molecule has 0 saturated carbocycles. The monoisotopic (exact) mass is 392 g/mol. The molecular formula is C23H17ClO2S. The molecule has 0 N–H and O–H groups in total. The molecule has 0 radical (unpaired) electrons. The number of fused-ring (bicyclic) bond motifs is 1. The highest BCUT2D eigenvalue weighted by molar-refractivity contribution is 7.17. The van der Waals surface area contributed by atoms with Gasteiger partial charge in [-0.15, -0.1) is 11.3 Å². The number of methoxy groups -OCH3 is 1. The fourth-order valence-electron chi connectivity index (χ4n) is 3.32. The third kappa shape index (κ3) is 3.25. The van der Waals surface area contributed by atoms with Gasteiger partial charge in [-0.05, 0) is 53.9 Å². The Bertz CT molecular complexity index is 1140. The molecule has 0 aliphatic heterocycles. The number of benzene rings is 3. The number of ether oxygens (including phenoxy) is 1. The maximum atomic E-state index is 13.5. The van der Waals surface area contributed by atoms with Crippen LogP contribution in [0.2, 0.25) is 5.02 Å². The number of thiophene rings is 1. The van der Waals surface area contributed by atoms with Crippen LogP contribution >= 0.6 is 22.9 Å². The maximum absolute atomic E-state index is 13.5. The van der Waals surface area contributed by atoms with Crippen LogP contribution in [0.15, 0.2) is 66.0 Å². The average molecular weight is 393 g/mol. The van der Waals surface area contributed by atoms with Crippen LogP contribution in [0.3, 0.4) is 0 Å². The summed E-state index contributed by atoms with van der Waals surface area (Å²) in [6.45, 7) is 1.95. The minimum absolute atomic E-state index is 0.0255. The van der Waals surface area contributed by atoms with Crippen LogP contribution < -0.4 is 4.74 Å². The molecule has 134 valence electrons. The highest BCUT2D eigenvalue weighted by Gasteiger charge is 2.21.